The lowest BCUT2D eigenvalue weighted by Crippen LogP contribution is -2.31. The van der Waals surface area contributed by atoms with E-state index in [9.17, 15) is 14.4 Å². The van der Waals surface area contributed by atoms with Crippen molar-refractivity contribution in [3.63, 3.8) is 0 Å². The number of benzene rings is 1. The number of hydrogen-bond acceptors (Lipinski definition) is 7. The Morgan fingerprint density at radius 2 is 1.60 bits per heavy atom. The van der Waals surface area contributed by atoms with Gasteiger partial charge in [-0.1, -0.05) is 58.9 Å². The number of aryl methyl sites for hydroxylation is 1. The van der Waals surface area contributed by atoms with E-state index in [1.807, 2.05) is 58.9 Å². The smallest absolute Gasteiger partial charge is 0.313 e. The summed E-state index contributed by atoms with van der Waals surface area (Å²) in [5.41, 5.74) is 2.20. The Morgan fingerprint density at radius 1 is 0.943 bits per heavy atom. The van der Waals surface area contributed by atoms with Crippen LogP contribution in [0.2, 0.25) is 0 Å². The highest BCUT2D eigenvalue weighted by atomic mass is 16.6. The van der Waals surface area contributed by atoms with Crippen LogP contribution in [-0.4, -0.2) is 35.9 Å². The third-order valence-corrected chi connectivity index (χ3v) is 6.22. The number of aromatic nitrogens is 1. The first-order valence-corrected chi connectivity index (χ1v) is 12.0. The first-order valence-electron chi connectivity index (χ1n) is 12.0. The molecule has 2 rings (SSSR count). The number of nitrogens with zero attached hydrogens (tertiary/aromatic N) is 1. The third kappa shape index (κ3) is 7.13. The summed E-state index contributed by atoms with van der Waals surface area (Å²) < 4.78 is 16.6. The fraction of sp³-hybridized carbons (Fsp3) is 0.500. The summed E-state index contributed by atoms with van der Waals surface area (Å²) in [5, 5.41) is 0. The van der Waals surface area contributed by atoms with E-state index in [4.69, 9.17) is 14.2 Å². The molecule has 1 aromatic carbocycles. The molecule has 2 aromatic rings. The molecule has 7 heteroatoms. The molecule has 0 aliphatic heterocycles. The van der Waals surface area contributed by atoms with Gasteiger partial charge in [-0.05, 0) is 30.9 Å². The molecular weight excluding hydrogens is 446 g/mol. The monoisotopic (exact) mass is 483 g/mol. The fourth-order valence-electron chi connectivity index (χ4n) is 3.72. The number of rotatable bonds is 11. The van der Waals surface area contributed by atoms with Gasteiger partial charge in [0.25, 0.3) is 0 Å². The Labute approximate surface area is 208 Å². The van der Waals surface area contributed by atoms with Crippen LogP contribution in [0.25, 0.3) is 0 Å². The maximum Gasteiger partial charge on any atom is 0.313 e. The van der Waals surface area contributed by atoms with Gasteiger partial charge in [-0.2, -0.15) is 0 Å². The molecule has 3 atom stereocenters. The molecule has 35 heavy (non-hydrogen) atoms. The molecule has 0 saturated carbocycles. The lowest BCUT2D eigenvalue weighted by Gasteiger charge is -2.26. The molecule has 0 amide bonds. The van der Waals surface area contributed by atoms with Gasteiger partial charge in [0.2, 0.25) is 5.75 Å². The molecule has 0 fully saturated rings. The van der Waals surface area contributed by atoms with Crippen LogP contribution in [0.3, 0.4) is 0 Å². The molecule has 0 aliphatic rings. The van der Waals surface area contributed by atoms with Crippen LogP contribution in [0.1, 0.15) is 75.5 Å². The maximum absolute atomic E-state index is 13.3. The zero-order valence-corrected chi connectivity index (χ0v) is 22.0. The lowest BCUT2D eigenvalue weighted by atomic mass is 9.89. The van der Waals surface area contributed by atoms with Gasteiger partial charge in [0.05, 0.1) is 18.9 Å². The highest BCUT2D eigenvalue weighted by molar-refractivity contribution is 6.00. The van der Waals surface area contributed by atoms with E-state index in [1.165, 1.54) is 19.4 Å². The summed E-state index contributed by atoms with van der Waals surface area (Å²) in [4.78, 5) is 42.8. The van der Waals surface area contributed by atoms with Crippen molar-refractivity contribution in [2.75, 3.05) is 7.11 Å². The first-order chi connectivity index (χ1) is 16.5. The third-order valence-electron chi connectivity index (χ3n) is 6.22. The van der Waals surface area contributed by atoms with E-state index < -0.39 is 29.6 Å². The second kappa shape index (κ2) is 12.5. The summed E-state index contributed by atoms with van der Waals surface area (Å²) in [6.07, 6.45) is 0.902. The topological polar surface area (TPSA) is 91.8 Å². The van der Waals surface area contributed by atoms with Gasteiger partial charge in [0.1, 0.15) is 6.10 Å². The van der Waals surface area contributed by atoms with Crippen LogP contribution < -0.4 is 9.47 Å². The molecule has 0 radical (unpaired) electrons. The largest absolute Gasteiger partial charge is 0.493 e. The van der Waals surface area contributed by atoms with Crippen molar-refractivity contribution in [3.05, 3.63) is 53.3 Å². The molecule has 190 valence electrons. The van der Waals surface area contributed by atoms with Crippen molar-refractivity contribution in [3.8, 4) is 11.5 Å². The molecule has 1 heterocycles. The molecule has 0 saturated heterocycles. The Hall–Kier alpha value is -3.22. The Bertz CT molecular complexity index is 1050. The van der Waals surface area contributed by atoms with Gasteiger partial charge in [0.15, 0.2) is 17.2 Å². The second-order valence-corrected chi connectivity index (χ2v) is 9.53. The number of ketones is 1. The minimum Gasteiger partial charge on any atom is -0.493 e. The number of ether oxygens (including phenoxy) is 3. The molecular formula is C28H37NO6. The average Bonchev–Trinajstić information content (AvgIpc) is 2.81. The van der Waals surface area contributed by atoms with Crippen LogP contribution in [0.15, 0.2) is 36.5 Å². The van der Waals surface area contributed by atoms with Crippen LogP contribution in [0, 0.1) is 24.7 Å². The van der Waals surface area contributed by atoms with Gasteiger partial charge in [0, 0.05) is 24.6 Å². The second-order valence-electron chi connectivity index (χ2n) is 9.53. The normalized spacial score (nSPS) is 13.8. The highest BCUT2D eigenvalue weighted by Gasteiger charge is 2.32. The van der Waals surface area contributed by atoms with Crippen molar-refractivity contribution in [1.82, 2.24) is 4.98 Å². The molecule has 1 aromatic heterocycles. The van der Waals surface area contributed by atoms with Crippen molar-refractivity contribution < 1.29 is 28.6 Å². The number of carbonyl (C=O) groups excluding carboxylic acids is 3. The average molecular weight is 484 g/mol. The van der Waals surface area contributed by atoms with Crippen molar-refractivity contribution in [2.24, 2.45) is 17.8 Å². The van der Waals surface area contributed by atoms with E-state index in [-0.39, 0.29) is 41.6 Å². The summed E-state index contributed by atoms with van der Waals surface area (Å²) in [7, 11) is 1.42. The van der Waals surface area contributed by atoms with Crippen molar-refractivity contribution in [1.29, 1.82) is 0 Å². The predicted octanol–water partition coefficient (Wildman–Crippen LogP) is 5.54. The van der Waals surface area contributed by atoms with E-state index in [0.29, 0.717) is 0 Å². The summed E-state index contributed by atoms with van der Waals surface area (Å²) in [6, 6.07) is 9.52. The Morgan fingerprint density at radius 3 is 2.17 bits per heavy atom. The minimum absolute atomic E-state index is 0.00855. The highest BCUT2D eigenvalue weighted by Crippen LogP contribution is 2.33. The predicted molar refractivity (Wildman–Crippen MR) is 134 cm³/mol. The van der Waals surface area contributed by atoms with Crippen LogP contribution >= 0.6 is 0 Å². The Balaban J connectivity index is 2.23. The summed E-state index contributed by atoms with van der Waals surface area (Å²) in [6.45, 7) is 13.0. The number of esters is 2. The number of carbonyl (C=O) groups is 3. The minimum atomic E-state index is -0.685. The maximum atomic E-state index is 13.3. The Kier molecular flexibility index (Phi) is 9.99. The zero-order valence-electron chi connectivity index (χ0n) is 22.0. The van der Waals surface area contributed by atoms with Gasteiger partial charge in [-0.15, -0.1) is 0 Å². The van der Waals surface area contributed by atoms with Gasteiger partial charge in [-0.3, -0.25) is 14.4 Å². The molecule has 7 nitrogen and oxygen atoms in total. The first kappa shape index (κ1) is 28.0. The summed E-state index contributed by atoms with van der Waals surface area (Å²) in [5.74, 6) is -2.43. The zero-order chi connectivity index (χ0) is 26.3. The molecule has 0 unspecified atom stereocenters. The molecule has 0 bridgehead atoms. The summed E-state index contributed by atoms with van der Waals surface area (Å²) >= 11 is 0. The molecule has 0 aliphatic carbocycles. The standard InChI is InChI=1S/C28H37NO6/c1-16(2)22(28(32)34-20(7)19(6)21-12-10-9-11-18(21)5)15-23(30)25-26(35-27(31)17(3)4)24(33-8)13-14-29-25/h9-14,16-17,19-20,22H,15H2,1-8H3/t19-,20-,22-/m0/s1. The number of pyridine rings is 1. The van der Waals surface area contributed by atoms with Crippen molar-refractivity contribution >= 4 is 17.7 Å². The quantitative estimate of drug-likeness (QED) is 0.306. The number of hydrogen-bond donors (Lipinski definition) is 0. The number of Topliss-reactive ketones (excluding diaryl/α,β-unsaturated/α-hetero) is 1. The van der Waals surface area contributed by atoms with Gasteiger partial charge < -0.3 is 14.2 Å². The van der Waals surface area contributed by atoms with Crippen molar-refractivity contribution in [2.45, 2.75) is 66.9 Å². The lowest BCUT2D eigenvalue weighted by molar-refractivity contribution is -0.155. The van der Waals surface area contributed by atoms with E-state index in [0.717, 1.165) is 11.1 Å². The molecule has 0 spiro atoms. The number of methoxy groups -OCH3 is 1. The van der Waals surface area contributed by atoms with Gasteiger partial charge >= 0.3 is 11.9 Å². The van der Waals surface area contributed by atoms with Crippen LogP contribution in [-0.2, 0) is 14.3 Å². The van der Waals surface area contributed by atoms with E-state index in [1.54, 1.807) is 13.8 Å². The van der Waals surface area contributed by atoms with E-state index >= 15 is 0 Å². The SMILES string of the molecule is COc1ccnc(C(=O)C[C@H](C(=O)O[C@@H](C)[C@H](C)c2ccccc2C)C(C)C)c1OC(=O)C(C)C. The van der Waals surface area contributed by atoms with Crippen LogP contribution in [0.4, 0.5) is 0 Å². The fourth-order valence-corrected chi connectivity index (χ4v) is 3.72. The van der Waals surface area contributed by atoms with Gasteiger partial charge in [-0.25, -0.2) is 4.98 Å². The van der Waals surface area contributed by atoms with E-state index in [2.05, 4.69) is 4.98 Å². The van der Waals surface area contributed by atoms with Crippen LogP contribution in [0.5, 0.6) is 11.5 Å². The molecule has 0 N–H and O–H groups in total.